The Morgan fingerprint density at radius 3 is 2.37 bits per heavy atom. The first-order valence-corrected chi connectivity index (χ1v) is 9.54. The van der Waals surface area contributed by atoms with Gasteiger partial charge in [0.25, 0.3) is 0 Å². The van der Waals surface area contributed by atoms with Gasteiger partial charge in [0, 0.05) is 22.9 Å². The molecule has 2 N–H and O–H groups in total. The molecule has 144 valence electrons. The van der Waals surface area contributed by atoms with Crippen LogP contribution in [-0.4, -0.2) is 23.2 Å². The van der Waals surface area contributed by atoms with Crippen LogP contribution in [0.2, 0.25) is 5.02 Å². The van der Waals surface area contributed by atoms with Gasteiger partial charge in [0.2, 0.25) is 0 Å². The van der Waals surface area contributed by atoms with Crippen LogP contribution in [0.5, 0.6) is 0 Å². The largest absolute Gasteiger partial charge is 0.480 e. The first-order valence-electron chi connectivity index (χ1n) is 9.16. The number of halogens is 2. The minimum Gasteiger partial charge on any atom is -0.480 e. The highest BCUT2D eigenvalue weighted by Gasteiger charge is 2.49. The molecule has 2 aromatic carbocycles. The van der Waals surface area contributed by atoms with E-state index in [-0.39, 0.29) is 29.1 Å². The van der Waals surface area contributed by atoms with Gasteiger partial charge >= 0.3 is 5.97 Å². The van der Waals surface area contributed by atoms with Crippen molar-refractivity contribution in [1.29, 1.82) is 0 Å². The van der Waals surface area contributed by atoms with Crippen molar-refractivity contribution in [2.45, 2.75) is 51.1 Å². The van der Waals surface area contributed by atoms with Crippen LogP contribution in [-0.2, 0) is 4.79 Å². The zero-order chi connectivity index (χ0) is 19.8. The lowest BCUT2D eigenvalue weighted by Gasteiger charge is -2.30. The fourth-order valence-corrected chi connectivity index (χ4v) is 4.38. The molecule has 5 heteroatoms. The highest BCUT2D eigenvalue weighted by atomic mass is 35.5. The van der Waals surface area contributed by atoms with E-state index < -0.39 is 12.0 Å². The zero-order valence-electron chi connectivity index (χ0n) is 15.7. The number of rotatable bonds is 4. The van der Waals surface area contributed by atoms with E-state index in [9.17, 15) is 14.3 Å². The van der Waals surface area contributed by atoms with E-state index >= 15 is 0 Å². The number of carboxylic acids is 1. The molecular formula is C22H25ClFNO2. The van der Waals surface area contributed by atoms with Crippen molar-refractivity contribution in [3.05, 3.63) is 70.5 Å². The number of aliphatic carboxylic acids is 1. The highest BCUT2D eigenvalue weighted by Crippen LogP contribution is 2.47. The van der Waals surface area contributed by atoms with Crippen molar-refractivity contribution in [3.63, 3.8) is 0 Å². The Kier molecular flexibility index (Phi) is 5.59. The summed E-state index contributed by atoms with van der Waals surface area (Å²) in [5, 5.41) is 13.5. The maximum atomic E-state index is 14.9. The molecule has 0 radical (unpaired) electrons. The van der Waals surface area contributed by atoms with Gasteiger partial charge in [-0.3, -0.25) is 4.79 Å². The van der Waals surface area contributed by atoms with E-state index in [2.05, 4.69) is 26.1 Å². The van der Waals surface area contributed by atoms with Gasteiger partial charge in [-0.15, -0.1) is 0 Å². The lowest BCUT2D eigenvalue weighted by Crippen LogP contribution is -2.39. The Morgan fingerprint density at radius 2 is 1.81 bits per heavy atom. The Hall–Kier alpha value is -1.91. The predicted octanol–water partition coefficient (Wildman–Crippen LogP) is 5.21. The molecule has 27 heavy (non-hydrogen) atoms. The normalized spacial score (nSPS) is 25.5. The van der Waals surface area contributed by atoms with Crippen molar-refractivity contribution >= 4 is 17.6 Å². The number of carbonyl (C=O) groups is 1. The number of carboxylic acid groups (broad SMARTS) is 1. The lowest BCUT2D eigenvalue weighted by atomic mass is 9.74. The average molecular weight is 390 g/mol. The predicted molar refractivity (Wildman–Crippen MR) is 106 cm³/mol. The summed E-state index contributed by atoms with van der Waals surface area (Å²) in [4.78, 5) is 12.0. The van der Waals surface area contributed by atoms with Crippen molar-refractivity contribution in [2.75, 3.05) is 0 Å². The van der Waals surface area contributed by atoms with Crippen molar-refractivity contribution < 1.29 is 14.3 Å². The van der Waals surface area contributed by atoms with Gasteiger partial charge in [-0.05, 0) is 35.1 Å². The zero-order valence-corrected chi connectivity index (χ0v) is 16.5. The van der Waals surface area contributed by atoms with E-state index in [0.29, 0.717) is 10.6 Å². The Morgan fingerprint density at radius 1 is 1.15 bits per heavy atom. The molecule has 0 spiro atoms. The molecule has 4 unspecified atom stereocenters. The third-order valence-electron chi connectivity index (χ3n) is 5.18. The summed E-state index contributed by atoms with van der Waals surface area (Å²) in [6, 6.07) is 13.2. The van der Waals surface area contributed by atoms with Crippen LogP contribution in [0.3, 0.4) is 0 Å². The SMILES string of the molecule is CC(C)(C)CC1NC(C(=O)O)C(c2ccccc2)C1c1ccc(Cl)cc1F. The molecular weight excluding hydrogens is 365 g/mol. The monoisotopic (exact) mass is 389 g/mol. The summed E-state index contributed by atoms with van der Waals surface area (Å²) in [6.45, 7) is 6.32. The van der Waals surface area contributed by atoms with Gasteiger partial charge in [-0.25, -0.2) is 4.39 Å². The summed E-state index contributed by atoms with van der Waals surface area (Å²) in [7, 11) is 0. The second kappa shape index (κ2) is 7.61. The molecule has 0 aromatic heterocycles. The molecule has 0 aliphatic carbocycles. The van der Waals surface area contributed by atoms with Crippen LogP contribution in [0.15, 0.2) is 48.5 Å². The van der Waals surface area contributed by atoms with Crippen molar-refractivity contribution in [3.8, 4) is 0 Å². The van der Waals surface area contributed by atoms with E-state index in [1.165, 1.54) is 6.07 Å². The van der Waals surface area contributed by atoms with E-state index in [1.807, 2.05) is 30.3 Å². The topological polar surface area (TPSA) is 49.3 Å². The van der Waals surface area contributed by atoms with Crippen molar-refractivity contribution in [2.24, 2.45) is 5.41 Å². The molecule has 1 heterocycles. The molecule has 0 amide bonds. The molecule has 1 saturated heterocycles. The van der Waals surface area contributed by atoms with Crippen molar-refractivity contribution in [1.82, 2.24) is 5.32 Å². The molecule has 4 atom stereocenters. The third kappa shape index (κ3) is 4.33. The maximum Gasteiger partial charge on any atom is 0.321 e. The standard InChI is InChI=1S/C22H25ClFNO2/c1-22(2,3)12-17-19(15-10-9-14(23)11-16(15)24)18(20(25-17)21(26)27)13-7-5-4-6-8-13/h4-11,17-20,25H,12H2,1-3H3,(H,26,27). The summed E-state index contributed by atoms with van der Waals surface area (Å²) in [5.41, 5.74) is 1.37. The molecule has 1 fully saturated rings. The number of hydrogen-bond acceptors (Lipinski definition) is 2. The van der Waals surface area contributed by atoms with Gasteiger partial charge in [0.05, 0.1) is 0 Å². The average Bonchev–Trinajstić information content (AvgIpc) is 2.93. The number of nitrogens with one attached hydrogen (secondary N) is 1. The van der Waals surface area contributed by atoms with E-state index in [1.54, 1.807) is 12.1 Å². The first-order chi connectivity index (χ1) is 12.7. The number of benzene rings is 2. The van der Waals surface area contributed by atoms with E-state index in [0.717, 1.165) is 12.0 Å². The van der Waals surface area contributed by atoms with Crippen LogP contribution >= 0.6 is 11.6 Å². The highest BCUT2D eigenvalue weighted by molar-refractivity contribution is 6.30. The molecule has 0 bridgehead atoms. The Bertz CT molecular complexity index is 819. The maximum absolute atomic E-state index is 14.9. The molecule has 1 aliphatic heterocycles. The van der Waals surface area contributed by atoms with Gasteiger partial charge in [-0.2, -0.15) is 0 Å². The van der Waals surface area contributed by atoms with Gasteiger partial charge < -0.3 is 10.4 Å². The second-order valence-electron chi connectivity index (χ2n) is 8.48. The fourth-order valence-electron chi connectivity index (χ4n) is 4.22. The number of hydrogen-bond donors (Lipinski definition) is 2. The van der Waals surface area contributed by atoms with Gasteiger partial charge in [-0.1, -0.05) is 68.8 Å². The summed E-state index contributed by atoms with van der Waals surface area (Å²) >= 11 is 5.95. The second-order valence-corrected chi connectivity index (χ2v) is 8.92. The molecule has 3 rings (SSSR count). The lowest BCUT2D eigenvalue weighted by molar-refractivity contribution is -0.139. The van der Waals surface area contributed by atoms with E-state index in [4.69, 9.17) is 11.6 Å². The minimum absolute atomic E-state index is 0.0343. The molecule has 0 saturated carbocycles. The van der Waals surface area contributed by atoms with Gasteiger partial charge in [0.15, 0.2) is 0 Å². The van der Waals surface area contributed by atoms with Crippen LogP contribution in [0.1, 0.15) is 50.2 Å². The quantitative estimate of drug-likeness (QED) is 0.754. The van der Waals surface area contributed by atoms with Crippen LogP contribution in [0, 0.1) is 11.2 Å². The Balaban J connectivity index is 2.14. The minimum atomic E-state index is -0.917. The first kappa shape index (κ1) is 19.8. The molecule has 2 aromatic rings. The summed E-state index contributed by atoms with van der Waals surface area (Å²) in [6.07, 6.45) is 0.729. The molecule has 1 aliphatic rings. The Labute approximate surface area is 164 Å². The summed E-state index contributed by atoms with van der Waals surface area (Å²) in [5.74, 6) is -1.98. The van der Waals surface area contributed by atoms with Crippen LogP contribution in [0.4, 0.5) is 4.39 Å². The fraction of sp³-hybridized carbons (Fsp3) is 0.409. The van der Waals surface area contributed by atoms with Gasteiger partial charge in [0.1, 0.15) is 11.9 Å². The molecule has 3 nitrogen and oxygen atoms in total. The van der Waals surface area contributed by atoms with Crippen LogP contribution < -0.4 is 5.32 Å². The van der Waals surface area contributed by atoms with Crippen LogP contribution in [0.25, 0.3) is 0 Å². The summed E-state index contributed by atoms with van der Waals surface area (Å²) < 4.78 is 14.9. The third-order valence-corrected chi connectivity index (χ3v) is 5.41. The smallest absolute Gasteiger partial charge is 0.321 e.